The van der Waals surface area contributed by atoms with Crippen molar-refractivity contribution in [2.24, 2.45) is 0 Å². The number of carbonyl (C=O) groups is 1. The van der Waals surface area contributed by atoms with Crippen LogP contribution < -0.4 is 0 Å². The zero-order valence-electron chi connectivity index (χ0n) is 9.71. The van der Waals surface area contributed by atoms with Crippen LogP contribution in [0.1, 0.15) is 12.3 Å². The second-order valence-corrected chi connectivity index (χ2v) is 3.78. The van der Waals surface area contributed by atoms with E-state index in [2.05, 4.69) is 10.1 Å². The molecule has 0 fully saturated rings. The molecule has 0 aromatic carbocycles. The molecule has 90 valence electrons. The largest absolute Gasteiger partial charge is 0.461 e. The van der Waals surface area contributed by atoms with E-state index in [1.54, 1.807) is 32.5 Å². The number of rotatable bonds is 4. The summed E-state index contributed by atoms with van der Waals surface area (Å²) < 4.78 is 10.2. The summed E-state index contributed by atoms with van der Waals surface area (Å²) >= 11 is 0. The summed E-state index contributed by atoms with van der Waals surface area (Å²) in [6, 6.07) is 3.50. The zero-order valence-corrected chi connectivity index (χ0v) is 9.71. The number of carbonyl (C=O) groups excluding carboxylic acids is 1. The predicted molar refractivity (Wildman–Crippen MR) is 59.0 cm³/mol. The lowest BCUT2D eigenvalue weighted by Crippen LogP contribution is -2.21. The summed E-state index contributed by atoms with van der Waals surface area (Å²) in [5.41, 5.74) is 0. The Morgan fingerprint density at radius 2 is 2.29 bits per heavy atom. The lowest BCUT2D eigenvalue weighted by atomic mass is 10.3. The van der Waals surface area contributed by atoms with Gasteiger partial charge in [-0.2, -0.15) is 4.98 Å². The third kappa shape index (κ3) is 2.72. The normalized spacial score (nSPS) is 10.5. The van der Waals surface area contributed by atoms with E-state index in [1.807, 2.05) is 0 Å². The molecule has 0 saturated heterocycles. The molecule has 0 atom stereocenters. The predicted octanol–water partition coefficient (Wildman–Crippen LogP) is 1.35. The molecule has 0 saturated carbocycles. The molecule has 2 rings (SSSR count). The van der Waals surface area contributed by atoms with E-state index in [1.165, 1.54) is 4.90 Å². The highest BCUT2D eigenvalue weighted by Crippen LogP contribution is 2.16. The lowest BCUT2D eigenvalue weighted by Gasteiger charge is -2.07. The lowest BCUT2D eigenvalue weighted by molar-refractivity contribution is -0.128. The third-order valence-corrected chi connectivity index (χ3v) is 2.26. The molecule has 0 aliphatic carbocycles. The maximum atomic E-state index is 11.4. The van der Waals surface area contributed by atoms with E-state index >= 15 is 0 Å². The molecule has 2 aromatic heterocycles. The van der Waals surface area contributed by atoms with Crippen LogP contribution in [0.25, 0.3) is 11.6 Å². The van der Waals surface area contributed by atoms with Crippen LogP contribution in [0.4, 0.5) is 0 Å². The van der Waals surface area contributed by atoms with Gasteiger partial charge in [-0.05, 0) is 12.1 Å². The van der Waals surface area contributed by atoms with Crippen LogP contribution in [0.5, 0.6) is 0 Å². The molecule has 1 amide bonds. The van der Waals surface area contributed by atoms with E-state index in [0.717, 1.165) is 0 Å². The van der Waals surface area contributed by atoms with Crippen LogP contribution >= 0.6 is 0 Å². The van der Waals surface area contributed by atoms with Gasteiger partial charge in [-0.1, -0.05) is 5.16 Å². The minimum atomic E-state index is 0.0303. The van der Waals surface area contributed by atoms with Crippen LogP contribution in [-0.4, -0.2) is 35.0 Å². The summed E-state index contributed by atoms with van der Waals surface area (Å²) in [5.74, 6) is 1.43. The summed E-state index contributed by atoms with van der Waals surface area (Å²) in [7, 11) is 3.43. The molecule has 0 bridgehead atoms. The number of hydrogen-bond donors (Lipinski definition) is 0. The van der Waals surface area contributed by atoms with Crippen LogP contribution in [0.15, 0.2) is 27.3 Å². The van der Waals surface area contributed by atoms with Gasteiger partial charge in [-0.3, -0.25) is 4.79 Å². The number of aryl methyl sites for hydroxylation is 1. The van der Waals surface area contributed by atoms with E-state index in [0.29, 0.717) is 30.3 Å². The summed E-state index contributed by atoms with van der Waals surface area (Å²) in [4.78, 5) is 17.0. The zero-order chi connectivity index (χ0) is 12.3. The third-order valence-electron chi connectivity index (χ3n) is 2.26. The maximum absolute atomic E-state index is 11.4. The van der Waals surface area contributed by atoms with Crippen molar-refractivity contribution in [1.82, 2.24) is 15.0 Å². The SMILES string of the molecule is CN(C)C(=O)CCc1nc(-c2ccco2)no1. The maximum Gasteiger partial charge on any atom is 0.238 e. The highest BCUT2D eigenvalue weighted by Gasteiger charge is 2.12. The fourth-order valence-electron chi connectivity index (χ4n) is 1.30. The summed E-state index contributed by atoms with van der Waals surface area (Å²) in [6.07, 6.45) is 2.33. The van der Waals surface area contributed by atoms with Crippen LogP contribution in [0.2, 0.25) is 0 Å². The Labute approximate surface area is 98.2 Å². The average molecular weight is 235 g/mol. The van der Waals surface area contributed by atoms with E-state index in [-0.39, 0.29) is 5.91 Å². The Balaban J connectivity index is 1.97. The molecule has 0 radical (unpaired) electrons. The van der Waals surface area contributed by atoms with Gasteiger partial charge < -0.3 is 13.8 Å². The van der Waals surface area contributed by atoms with E-state index < -0.39 is 0 Å². The molecular weight excluding hydrogens is 222 g/mol. The van der Waals surface area contributed by atoms with Crippen LogP contribution in [0, 0.1) is 0 Å². The van der Waals surface area contributed by atoms with Crippen molar-refractivity contribution in [3.63, 3.8) is 0 Å². The van der Waals surface area contributed by atoms with Crippen molar-refractivity contribution < 1.29 is 13.7 Å². The standard InChI is InChI=1S/C11H13N3O3/c1-14(2)10(15)6-5-9-12-11(13-17-9)8-4-3-7-16-8/h3-4,7H,5-6H2,1-2H3. The molecule has 17 heavy (non-hydrogen) atoms. The van der Waals surface area contributed by atoms with Crippen molar-refractivity contribution in [1.29, 1.82) is 0 Å². The first kappa shape index (κ1) is 11.4. The smallest absolute Gasteiger partial charge is 0.238 e. The number of furan rings is 1. The van der Waals surface area contributed by atoms with Gasteiger partial charge in [0.05, 0.1) is 6.26 Å². The monoisotopic (exact) mass is 235 g/mol. The molecule has 6 nitrogen and oxygen atoms in total. The molecule has 2 aromatic rings. The highest BCUT2D eigenvalue weighted by atomic mass is 16.5. The van der Waals surface area contributed by atoms with Gasteiger partial charge in [0.25, 0.3) is 0 Å². The molecular formula is C11H13N3O3. The van der Waals surface area contributed by atoms with Gasteiger partial charge >= 0.3 is 0 Å². The topological polar surface area (TPSA) is 72.4 Å². The Bertz CT molecular complexity index is 488. The minimum absolute atomic E-state index is 0.0303. The van der Waals surface area contributed by atoms with Crippen molar-refractivity contribution in [3.05, 3.63) is 24.3 Å². The van der Waals surface area contributed by atoms with Crippen LogP contribution in [-0.2, 0) is 11.2 Å². The van der Waals surface area contributed by atoms with Crippen molar-refractivity contribution >= 4 is 5.91 Å². The highest BCUT2D eigenvalue weighted by molar-refractivity contribution is 5.75. The molecule has 0 aliphatic rings. The Hall–Kier alpha value is -2.11. The molecule has 0 aliphatic heterocycles. The number of hydrogen-bond acceptors (Lipinski definition) is 5. The Morgan fingerprint density at radius 3 is 2.94 bits per heavy atom. The number of nitrogens with zero attached hydrogens (tertiary/aromatic N) is 3. The van der Waals surface area contributed by atoms with Crippen LogP contribution in [0.3, 0.4) is 0 Å². The minimum Gasteiger partial charge on any atom is -0.461 e. The molecule has 0 spiro atoms. The molecule has 0 N–H and O–H groups in total. The van der Waals surface area contributed by atoms with Crippen molar-refractivity contribution in [2.45, 2.75) is 12.8 Å². The molecule has 0 unspecified atom stereocenters. The van der Waals surface area contributed by atoms with Crippen molar-refractivity contribution in [3.8, 4) is 11.6 Å². The molecule has 2 heterocycles. The van der Waals surface area contributed by atoms with Gasteiger partial charge in [0.1, 0.15) is 0 Å². The first-order chi connectivity index (χ1) is 8.16. The average Bonchev–Trinajstić information content (AvgIpc) is 2.95. The van der Waals surface area contributed by atoms with Gasteiger partial charge in [0.2, 0.25) is 17.6 Å². The Morgan fingerprint density at radius 1 is 1.47 bits per heavy atom. The fraction of sp³-hybridized carbons (Fsp3) is 0.364. The Kier molecular flexibility index (Phi) is 3.22. The van der Waals surface area contributed by atoms with E-state index in [4.69, 9.17) is 8.94 Å². The van der Waals surface area contributed by atoms with Gasteiger partial charge in [0, 0.05) is 26.9 Å². The summed E-state index contributed by atoms with van der Waals surface area (Å²) in [6.45, 7) is 0. The number of amides is 1. The van der Waals surface area contributed by atoms with Gasteiger partial charge in [-0.25, -0.2) is 0 Å². The second-order valence-electron chi connectivity index (χ2n) is 3.78. The van der Waals surface area contributed by atoms with Gasteiger partial charge in [-0.15, -0.1) is 0 Å². The van der Waals surface area contributed by atoms with E-state index in [9.17, 15) is 4.79 Å². The first-order valence-corrected chi connectivity index (χ1v) is 5.23. The van der Waals surface area contributed by atoms with Crippen molar-refractivity contribution in [2.75, 3.05) is 14.1 Å². The fourth-order valence-corrected chi connectivity index (χ4v) is 1.30. The first-order valence-electron chi connectivity index (χ1n) is 5.23. The summed E-state index contributed by atoms with van der Waals surface area (Å²) in [5, 5.41) is 3.78. The molecule has 6 heteroatoms. The number of aromatic nitrogens is 2. The second kappa shape index (κ2) is 4.82. The quantitative estimate of drug-likeness (QED) is 0.799. The van der Waals surface area contributed by atoms with Gasteiger partial charge in [0.15, 0.2) is 5.76 Å².